The van der Waals surface area contributed by atoms with Crippen LogP contribution in [-0.2, 0) is 4.74 Å². The van der Waals surface area contributed by atoms with E-state index in [1.807, 2.05) is 25.1 Å². The van der Waals surface area contributed by atoms with Gasteiger partial charge in [-0.1, -0.05) is 23.8 Å². The fourth-order valence-electron chi connectivity index (χ4n) is 2.54. The summed E-state index contributed by atoms with van der Waals surface area (Å²) in [5.41, 5.74) is 7.73. The molecule has 0 spiro atoms. The van der Waals surface area contributed by atoms with Crippen LogP contribution < -0.4 is 10.5 Å². The summed E-state index contributed by atoms with van der Waals surface area (Å²) < 4.78 is 11.5. The van der Waals surface area contributed by atoms with Crippen molar-refractivity contribution in [2.75, 3.05) is 7.11 Å². The lowest BCUT2D eigenvalue weighted by molar-refractivity contribution is 0.0209. The van der Waals surface area contributed by atoms with E-state index in [1.54, 1.807) is 7.11 Å². The summed E-state index contributed by atoms with van der Waals surface area (Å²) >= 11 is 5.10. The minimum absolute atomic E-state index is 0.189. The number of benzene rings is 1. The molecule has 0 amide bonds. The molecule has 0 radical (unpaired) electrons. The van der Waals surface area contributed by atoms with Crippen LogP contribution in [0.3, 0.4) is 0 Å². The molecular formula is C15H21NO2S. The van der Waals surface area contributed by atoms with Gasteiger partial charge in [0.1, 0.15) is 16.8 Å². The zero-order chi connectivity index (χ0) is 13.8. The summed E-state index contributed by atoms with van der Waals surface area (Å²) in [5, 5.41) is 0. The number of ether oxygens (including phenoxy) is 2. The Kier molecular flexibility index (Phi) is 4.77. The Morgan fingerprint density at radius 3 is 2.74 bits per heavy atom. The van der Waals surface area contributed by atoms with Gasteiger partial charge in [-0.2, -0.15) is 0 Å². The van der Waals surface area contributed by atoms with Crippen molar-refractivity contribution in [3.05, 3.63) is 29.3 Å². The lowest BCUT2D eigenvalue weighted by atomic mass is 9.95. The van der Waals surface area contributed by atoms with E-state index in [0.717, 1.165) is 42.6 Å². The van der Waals surface area contributed by atoms with Crippen molar-refractivity contribution in [1.29, 1.82) is 0 Å². The molecule has 0 heterocycles. The molecule has 104 valence electrons. The van der Waals surface area contributed by atoms with Crippen LogP contribution >= 0.6 is 12.2 Å². The van der Waals surface area contributed by atoms with E-state index >= 15 is 0 Å². The van der Waals surface area contributed by atoms with Gasteiger partial charge >= 0.3 is 0 Å². The van der Waals surface area contributed by atoms with Gasteiger partial charge in [-0.05, 0) is 38.3 Å². The first-order chi connectivity index (χ1) is 9.10. The third-order valence-electron chi connectivity index (χ3n) is 3.61. The van der Waals surface area contributed by atoms with Gasteiger partial charge in [-0.15, -0.1) is 0 Å². The third kappa shape index (κ3) is 3.67. The Hall–Kier alpha value is -1.13. The first-order valence-corrected chi connectivity index (χ1v) is 7.11. The number of nitrogens with two attached hydrogens (primary N) is 1. The molecule has 0 aromatic heterocycles. The molecule has 0 aliphatic heterocycles. The highest BCUT2D eigenvalue weighted by molar-refractivity contribution is 7.80. The fourth-order valence-corrected chi connectivity index (χ4v) is 2.70. The van der Waals surface area contributed by atoms with Crippen molar-refractivity contribution < 1.29 is 9.47 Å². The van der Waals surface area contributed by atoms with E-state index in [-0.39, 0.29) is 6.10 Å². The van der Waals surface area contributed by atoms with Gasteiger partial charge in [0, 0.05) is 13.5 Å². The molecule has 2 atom stereocenters. The molecule has 1 aliphatic rings. The van der Waals surface area contributed by atoms with Gasteiger partial charge in [0.05, 0.1) is 11.7 Å². The Balaban J connectivity index is 2.12. The van der Waals surface area contributed by atoms with Gasteiger partial charge in [0.15, 0.2) is 0 Å². The SMILES string of the molecule is COC1CCCC(Oc2ccc(C)cc2C(N)=S)C1. The van der Waals surface area contributed by atoms with Crippen LogP contribution in [0.2, 0.25) is 0 Å². The van der Waals surface area contributed by atoms with Crippen LogP contribution in [-0.4, -0.2) is 24.3 Å². The van der Waals surface area contributed by atoms with E-state index in [2.05, 4.69) is 0 Å². The van der Waals surface area contributed by atoms with Gasteiger partial charge in [0.2, 0.25) is 0 Å². The van der Waals surface area contributed by atoms with E-state index in [9.17, 15) is 0 Å². The summed E-state index contributed by atoms with van der Waals surface area (Å²) in [4.78, 5) is 0.387. The zero-order valence-corrected chi connectivity index (χ0v) is 12.3. The van der Waals surface area contributed by atoms with E-state index in [4.69, 9.17) is 27.4 Å². The zero-order valence-electron chi connectivity index (χ0n) is 11.5. The predicted octanol–water partition coefficient (Wildman–Crippen LogP) is 2.97. The van der Waals surface area contributed by atoms with E-state index in [1.165, 1.54) is 0 Å². The van der Waals surface area contributed by atoms with Crippen LogP contribution in [0, 0.1) is 6.92 Å². The van der Waals surface area contributed by atoms with Crippen molar-refractivity contribution >= 4 is 17.2 Å². The molecule has 1 aliphatic carbocycles. The third-order valence-corrected chi connectivity index (χ3v) is 3.83. The van der Waals surface area contributed by atoms with Crippen LogP contribution in [0.1, 0.15) is 36.8 Å². The standard InChI is InChI=1S/C15H21NO2S/c1-10-6-7-14(13(8-10)15(16)19)18-12-5-3-4-11(9-12)17-2/h6-8,11-12H,3-5,9H2,1-2H3,(H2,16,19). The van der Waals surface area contributed by atoms with Crippen LogP contribution in [0.15, 0.2) is 18.2 Å². The molecule has 2 rings (SSSR count). The summed E-state index contributed by atoms with van der Waals surface area (Å²) in [5.74, 6) is 0.792. The number of methoxy groups -OCH3 is 1. The smallest absolute Gasteiger partial charge is 0.129 e. The van der Waals surface area contributed by atoms with E-state index < -0.39 is 0 Å². The molecule has 2 N–H and O–H groups in total. The first-order valence-electron chi connectivity index (χ1n) is 6.70. The van der Waals surface area contributed by atoms with Crippen molar-refractivity contribution in [2.24, 2.45) is 5.73 Å². The summed E-state index contributed by atoms with van der Waals surface area (Å²) in [6, 6.07) is 5.96. The maximum absolute atomic E-state index is 6.09. The Morgan fingerprint density at radius 1 is 1.32 bits per heavy atom. The Labute approximate surface area is 120 Å². The number of thiocarbonyl (C=S) groups is 1. The van der Waals surface area contributed by atoms with Crippen LogP contribution in [0.25, 0.3) is 0 Å². The molecule has 19 heavy (non-hydrogen) atoms. The van der Waals surface area contributed by atoms with Crippen LogP contribution in [0.4, 0.5) is 0 Å². The predicted molar refractivity (Wildman–Crippen MR) is 80.7 cm³/mol. The largest absolute Gasteiger partial charge is 0.490 e. The monoisotopic (exact) mass is 279 g/mol. The van der Waals surface area contributed by atoms with Crippen molar-refractivity contribution in [3.8, 4) is 5.75 Å². The van der Waals surface area contributed by atoms with Crippen molar-refractivity contribution in [3.63, 3.8) is 0 Å². The maximum Gasteiger partial charge on any atom is 0.129 e. The molecular weight excluding hydrogens is 258 g/mol. The Morgan fingerprint density at radius 2 is 2.05 bits per heavy atom. The topological polar surface area (TPSA) is 44.5 Å². The van der Waals surface area contributed by atoms with Gasteiger partial charge in [0.25, 0.3) is 0 Å². The van der Waals surface area contributed by atoms with Gasteiger partial charge in [-0.25, -0.2) is 0 Å². The molecule has 1 aromatic rings. The second-order valence-corrected chi connectivity index (χ2v) is 5.57. The molecule has 2 unspecified atom stereocenters. The minimum Gasteiger partial charge on any atom is -0.490 e. The normalized spacial score (nSPS) is 23.1. The number of rotatable bonds is 4. The van der Waals surface area contributed by atoms with E-state index in [0.29, 0.717) is 11.1 Å². The summed E-state index contributed by atoms with van der Waals surface area (Å²) in [7, 11) is 1.76. The van der Waals surface area contributed by atoms with Crippen LogP contribution in [0.5, 0.6) is 5.75 Å². The second-order valence-electron chi connectivity index (χ2n) is 5.13. The average Bonchev–Trinajstić information content (AvgIpc) is 2.41. The van der Waals surface area contributed by atoms with Gasteiger partial charge in [-0.3, -0.25) is 0 Å². The highest BCUT2D eigenvalue weighted by Crippen LogP contribution is 2.28. The second kappa shape index (κ2) is 6.35. The number of hydrogen-bond acceptors (Lipinski definition) is 3. The lowest BCUT2D eigenvalue weighted by Gasteiger charge is -2.29. The maximum atomic E-state index is 6.09. The van der Waals surface area contributed by atoms with Crippen molar-refractivity contribution in [1.82, 2.24) is 0 Å². The highest BCUT2D eigenvalue weighted by Gasteiger charge is 2.24. The Bertz CT molecular complexity index is 461. The quantitative estimate of drug-likeness (QED) is 0.861. The lowest BCUT2D eigenvalue weighted by Crippen LogP contribution is -2.30. The average molecular weight is 279 g/mol. The first kappa shape index (κ1) is 14.3. The molecule has 4 heteroatoms. The molecule has 1 fully saturated rings. The number of hydrogen-bond donors (Lipinski definition) is 1. The molecule has 1 aromatic carbocycles. The molecule has 1 saturated carbocycles. The fraction of sp³-hybridized carbons (Fsp3) is 0.533. The van der Waals surface area contributed by atoms with Crippen molar-refractivity contribution in [2.45, 2.75) is 44.8 Å². The molecule has 0 saturated heterocycles. The summed E-state index contributed by atoms with van der Waals surface area (Å²) in [6.07, 6.45) is 4.74. The molecule has 0 bridgehead atoms. The number of aryl methyl sites for hydroxylation is 1. The van der Waals surface area contributed by atoms with Gasteiger partial charge < -0.3 is 15.2 Å². The minimum atomic E-state index is 0.189. The molecule has 3 nitrogen and oxygen atoms in total. The summed E-state index contributed by atoms with van der Waals surface area (Å²) in [6.45, 7) is 2.02. The highest BCUT2D eigenvalue weighted by atomic mass is 32.1.